The van der Waals surface area contributed by atoms with Gasteiger partial charge >= 0.3 is 12.4 Å². The summed E-state index contributed by atoms with van der Waals surface area (Å²) in [5.41, 5.74) is -2.76. The quantitative estimate of drug-likeness (QED) is 0.464. The molecule has 2 rings (SSSR count). The van der Waals surface area contributed by atoms with Crippen LogP contribution in [0.25, 0.3) is 12.2 Å². The number of hydrogen-bond donors (Lipinski definition) is 0. The molecule has 0 bridgehead atoms. The van der Waals surface area contributed by atoms with Gasteiger partial charge in [0.25, 0.3) is 0 Å². The molecule has 0 spiro atoms. The van der Waals surface area contributed by atoms with E-state index < -0.39 is 29.3 Å². The second kappa shape index (κ2) is 6.06. The van der Waals surface area contributed by atoms with E-state index in [1.54, 1.807) is 0 Å². The Bertz CT molecular complexity index is 692. The first-order valence-electron chi connectivity index (χ1n) is 6.29. The molecule has 0 N–H and O–H groups in total. The van der Waals surface area contributed by atoms with Crippen LogP contribution >= 0.6 is 0 Å². The van der Waals surface area contributed by atoms with Crippen LogP contribution in [0.2, 0.25) is 0 Å². The van der Waals surface area contributed by atoms with Crippen LogP contribution in [0, 0.1) is 5.82 Å². The average Bonchev–Trinajstić information content (AvgIpc) is 2.43. The molecule has 0 amide bonds. The minimum absolute atomic E-state index is 0.0551. The van der Waals surface area contributed by atoms with E-state index in [1.165, 1.54) is 24.3 Å². The van der Waals surface area contributed by atoms with E-state index in [1.807, 2.05) is 0 Å². The van der Waals surface area contributed by atoms with E-state index in [-0.39, 0.29) is 11.6 Å². The Balaban J connectivity index is 2.45. The fourth-order valence-corrected chi connectivity index (χ4v) is 1.88. The van der Waals surface area contributed by atoms with Gasteiger partial charge in [0.05, 0.1) is 11.1 Å². The minimum Gasteiger partial charge on any atom is -0.207 e. The highest BCUT2D eigenvalue weighted by molar-refractivity contribution is 5.70. The third-order valence-electron chi connectivity index (χ3n) is 2.93. The Morgan fingerprint density at radius 3 is 1.65 bits per heavy atom. The van der Waals surface area contributed by atoms with Crippen molar-refractivity contribution in [2.24, 2.45) is 0 Å². The first kappa shape index (κ1) is 17.1. The molecule has 0 unspecified atom stereocenters. The Kier molecular flexibility index (Phi) is 4.49. The summed E-state index contributed by atoms with van der Waals surface area (Å²) in [6.07, 6.45) is -7.50. The molecule has 0 aliphatic rings. The third-order valence-corrected chi connectivity index (χ3v) is 2.93. The maximum absolute atomic E-state index is 13.0. The van der Waals surface area contributed by atoms with Crippen LogP contribution in [-0.4, -0.2) is 0 Å². The third kappa shape index (κ3) is 4.58. The van der Waals surface area contributed by atoms with Crippen LogP contribution in [-0.2, 0) is 12.4 Å². The molecule has 0 nitrogen and oxygen atoms in total. The van der Waals surface area contributed by atoms with Crippen molar-refractivity contribution in [3.8, 4) is 0 Å². The van der Waals surface area contributed by atoms with Crippen LogP contribution in [0.4, 0.5) is 30.7 Å². The maximum Gasteiger partial charge on any atom is 0.416 e. The van der Waals surface area contributed by atoms with Crippen LogP contribution in [0.1, 0.15) is 22.3 Å². The molecule has 7 heteroatoms. The van der Waals surface area contributed by atoms with Gasteiger partial charge in [-0.1, -0.05) is 24.3 Å². The van der Waals surface area contributed by atoms with Crippen LogP contribution in [0.5, 0.6) is 0 Å². The van der Waals surface area contributed by atoms with Gasteiger partial charge in [-0.05, 0) is 41.5 Å². The largest absolute Gasteiger partial charge is 0.416 e. The highest BCUT2D eigenvalue weighted by Gasteiger charge is 2.36. The van der Waals surface area contributed by atoms with Crippen molar-refractivity contribution in [1.29, 1.82) is 0 Å². The molecular weight excluding hydrogens is 325 g/mol. The van der Waals surface area contributed by atoms with Gasteiger partial charge in [0, 0.05) is 0 Å². The normalized spacial score (nSPS) is 12.8. The topological polar surface area (TPSA) is 0 Å². The van der Waals surface area contributed by atoms with Gasteiger partial charge in [0.1, 0.15) is 5.82 Å². The van der Waals surface area contributed by atoms with Crippen molar-refractivity contribution < 1.29 is 30.7 Å². The summed E-state index contributed by atoms with van der Waals surface area (Å²) in [6.45, 7) is 0. The molecule has 0 saturated heterocycles. The lowest BCUT2D eigenvalue weighted by Crippen LogP contribution is -2.11. The number of halogens is 7. The summed E-state index contributed by atoms with van der Waals surface area (Å²) < 4.78 is 89.3. The zero-order valence-corrected chi connectivity index (χ0v) is 11.3. The number of alkyl halides is 6. The summed E-state index contributed by atoms with van der Waals surface area (Å²) in [5.74, 6) is -0.563. The molecule has 0 atom stereocenters. The van der Waals surface area contributed by atoms with E-state index in [4.69, 9.17) is 0 Å². The fourth-order valence-electron chi connectivity index (χ4n) is 1.88. The lowest BCUT2D eigenvalue weighted by Gasteiger charge is -2.12. The number of rotatable bonds is 2. The van der Waals surface area contributed by atoms with Gasteiger partial charge in [-0.3, -0.25) is 0 Å². The van der Waals surface area contributed by atoms with Crippen molar-refractivity contribution in [2.45, 2.75) is 12.4 Å². The monoisotopic (exact) mass is 334 g/mol. The Hall–Kier alpha value is -2.31. The second-order valence-electron chi connectivity index (χ2n) is 4.73. The van der Waals surface area contributed by atoms with Gasteiger partial charge in [-0.25, -0.2) is 4.39 Å². The smallest absolute Gasteiger partial charge is 0.207 e. The zero-order valence-electron chi connectivity index (χ0n) is 11.3. The van der Waals surface area contributed by atoms with Gasteiger partial charge < -0.3 is 0 Å². The molecule has 0 heterocycles. The highest BCUT2D eigenvalue weighted by atomic mass is 19.4. The molecular formula is C16H9F7. The van der Waals surface area contributed by atoms with E-state index in [0.717, 1.165) is 12.1 Å². The molecule has 0 radical (unpaired) electrons. The molecule has 0 saturated carbocycles. The summed E-state index contributed by atoms with van der Waals surface area (Å²) in [4.78, 5) is 0. The minimum atomic E-state index is -4.90. The van der Waals surface area contributed by atoms with E-state index in [0.29, 0.717) is 17.7 Å². The van der Waals surface area contributed by atoms with E-state index in [2.05, 4.69) is 0 Å². The fraction of sp³-hybridized carbons (Fsp3) is 0.125. The van der Waals surface area contributed by atoms with Gasteiger partial charge in [-0.15, -0.1) is 0 Å². The van der Waals surface area contributed by atoms with Crippen molar-refractivity contribution in [1.82, 2.24) is 0 Å². The van der Waals surface area contributed by atoms with Crippen molar-refractivity contribution in [3.63, 3.8) is 0 Å². The number of benzene rings is 2. The molecule has 0 aliphatic heterocycles. The SMILES string of the molecule is Fc1cccc(/C=C\c2cc(C(F)(F)F)cc(C(F)(F)F)c2)c1. The predicted octanol–water partition coefficient (Wildman–Crippen LogP) is 6.03. The van der Waals surface area contributed by atoms with Gasteiger partial charge in [0.2, 0.25) is 0 Å². The van der Waals surface area contributed by atoms with Crippen LogP contribution in [0.3, 0.4) is 0 Å². The Morgan fingerprint density at radius 1 is 0.652 bits per heavy atom. The second-order valence-corrected chi connectivity index (χ2v) is 4.73. The summed E-state index contributed by atoms with van der Waals surface area (Å²) in [6, 6.07) is 6.38. The standard InChI is InChI=1S/C16H9F7/c17-14-3-1-2-10(8-14)4-5-11-6-12(15(18,19)20)9-13(7-11)16(21,22)23/h1-9H/b5-4-. The first-order chi connectivity index (χ1) is 10.6. The van der Waals surface area contributed by atoms with Crippen molar-refractivity contribution >= 4 is 12.2 Å². The zero-order chi connectivity index (χ0) is 17.3. The highest BCUT2D eigenvalue weighted by Crippen LogP contribution is 2.36. The predicted molar refractivity (Wildman–Crippen MR) is 71.8 cm³/mol. The summed E-state index contributed by atoms with van der Waals surface area (Å²) in [7, 11) is 0. The van der Waals surface area contributed by atoms with Gasteiger partial charge in [-0.2, -0.15) is 26.3 Å². The Morgan fingerprint density at radius 2 is 1.17 bits per heavy atom. The molecule has 0 aromatic heterocycles. The molecule has 23 heavy (non-hydrogen) atoms. The summed E-state index contributed by atoms with van der Waals surface area (Å²) in [5, 5.41) is 0. The van der Waals surface area contributed by atoms with Gasteiger partial charge in [0.15, 0.2) is 0 Å². The molecule has 2 aromatic rings. The molecule has 122 valence electrons. The van der Waals surface area contributed by atoms with Crippen LogP contribution in [0.15, 0.2) is 42.5 Å². The molecule has 0 fully saturated rings. The van der Waals surface area contributed by atoms with Crippen LogP contribution < -0.4 is 0 Å². The molecule has 0 aliphatic carbocycles. The van der Waals surface area contributed by atoms with Crippen molar-refractivity contribution in [2.75, 3.05) is 0 Å². The lowest BCUT2D eigenvalue weighted by molar-refractivity contribution is -0.143. The summed E-state index contributed by atoms with van der Waals surface area (Å²) >= 11 is 0. The molecule has 2 aromatic carbocycles. The number of hydrogen-bond acceptors (Lipinski definition) is 0. The van der Waals surface area contributed by atoms with E-state index in [9.17, 15) is 30.7 Å². The maximum atomic E-state index is 13.0. The average molecular weight is 334 g/mol. The lowest BCUT2D eigenvalue weighted by atomic mass is 10.0. The van der Waals surface area contributed by atoms with E-state index >= 15 is 0 Å². The van der Waals surface area contributed by atoms with Crippen molar-refractivity contribution in [3.05, 3.63) is 70.5 Å². The Labute approximate surface area is 126 Å². The first-order valence-corrected chi connectivity index (χ1v) is 6.29.